The van der Waals surface area contributed by atoms with E-state index in [1.54, 1.807) is 7.11 Å². The van der Waals surface area contributed by atoms with Crippen molar-refractivity contribution >= 4 is 38.9 Å². The van der Waals surface area contributed by atoms with Crippen molar-refractivity contribution in [2.45, 2.75) is 13.8 Å². The molecule has 0 atom stereocenters. The molecule has 2 nitrogen and oxygen atoms in total. The van der Waals surface area contributed by atoms with Crippen molar-refractivity contribution in [3.63, 3.8) is 0 Å². The van der Waals surface area contributed by atoms with Crippen LogP contribution in [-0.4, -0.2) is 7.11 Å². The van der Waals surface area contributed by atoms with Crippen molar-refractivity contribution in [3.05, 3.63) is 51.0 Å². The van der Waals surface area contributed by atoms with Gasteiger partial charge in [-0.25, -0.2) is 0 Å². The lowest BCUT2D eigenvalue weighted by atomic mass is 10.1. The maximum absolute atomic E-state index is 5.95. The molecule has 0 bridgehead atoms. The van der Waals surface area contributed by atoms with Crippen LogP contribution < -0.4 is 10.1 Å². The minimum Gasteiger partial charge on any atom is -0.496 e. The van der Waals surface area contributed by atoms with Crippen molar-refractivity contribution in [3.8, 4) is 5.75 Å². The Morgan fingerprint density at radius 2 is 1.89 bits per heavy atom. The van der Waals surface area contributed by atoms with E-state index in [1.807, 2.05) is 37.3 Å². The summed E-state index contributed by atoms with van der Waals surface area (Å²) in [5.41, 5.74) is 4.29. The predicted molar refractivity (Wildman–Crippen MR) is 84.9 cm³/mol. The molecule has 0 aliphatic carbocycles. The van der Waals surface area contributed by atoms with Crippen molar-refractivity contribution in [2.75, 3.05) is 12.4 Å². The van der Waals surface area contributed by atoms with E-state index in [0.29, 0.717) is 5.02 Å². The number of aryl methyl sites for hydroxylation is 1. The van der Waals surface area contributed by atoms with Crippen LogP contribution in [0.15, 0.2) is 34.8 Å². The van der Waals surface area contributed by atoms with Crippen LogP contribution in [-0.2, 0) is 0 Å². The first-order valence-corrected chi connectivity index (χ1v) is 7.06. The molecule has 2 aromatic carbocycles. The normalized spacial score (nSPS) is 10.4. The van der Waals surface area contributed by atoms with Crippen LogP contribution in [0.1, 0.15) is 11.1 Å². The molecule has 0 aliphatic rings. The second kappa shape index (κ2) is 5.85. The van der Waals surface area contributed by atoms with Gasteiger partial charge in [0.25, 0.3) is 0 Å². The Morgan fingerprint density at radius 1 is 1.16 bits per heavy atom. The lowest BCUT2D eigenvalue weighted by Gasteiger charge is -2.16. The molecule has 0 fully saturated rings. The number of halogens is 2. The second-order valence-electron chi connectivity index (χ2n) is 4.33. The molecule has 1 N–H and O–H groups in total. The maximum Gasteiger partial charge on any atom is 0.123 e. The van der Waals surface area contributed by atoms with Crippen LogP contribution in [0.2, 0.25) is 5.02 Å². The summed E-state index contributed by atoms with van der Waals surface area (Å²) >= 11 is 9.46. The molecule has 4 heteroatoms. The molecule has 2 aromatic rings. The van der Waals surface area contributed by atoms with E-state index in [4.69, 9.17) is 16.3 Å². The fraction of sp³-hybridized carbons (Fsp3) is 0.200. The Kier molecular flexibility index (Phi) is 4.38. The lowest BCUT2D eigenvalue weighted by Crippen LogP contribution is -1.99. The fourth-order valence-corrected chi connectivity index (χ4v) is 2.75. The number of methoxy groups -OCH3 is 1. The minimum absolute atomic E-state index is 0.705. The van der Waals surface area contributed by atoms with Gasteiger partial charge in [0.15, 0.2) is 0 Å². The predicted octanol–water partition coefficient (Wildman–Crippen LogP) is 5.47. The Bertz CT molecular complexity index is 613. The Hall–Kier alpha value is -1.19. The monoisotopic (exact) mass is 339 g/mol. The van der Waals surface area contributed by atoms with E-state index in [0.717, 1.165) is 27.2 Å². The standard InChI is InChI=1S/C15H15BrClNO/c1-9-4-7-14(19-3)10(2)15(9)18-13-6-5-11(17)8-12(13)16/h4-8,18H,1-3H3. The number of rotatable bonds is 3. The highest BCUT2D eigenvalue weighted by atomic mass is 79.9. The van der Waals surface area contributed by atoms with Crippen LogP contribution in [0, 0.1) is 13.8 Å². The van der Waals surface area contributed by atoms with Gasteiger partial charge in [0.05, 0.1) is 12.8 Å². The number of hydrogen-bond donors (Lipinski definition) is 1. The topological polar surface area (TPSA) is 21.3 Å². The van der Waals surface area contributed by atoms with E-state index in [1.165, 1.54) is 5.56 Å². The molecule has 0 amide bonds. The van der Waals surface area contributed by atoms with Crippen molar-refractivity contribution in [1.29, 1.82) is 0 Å². The van der Waals surface area contributed by atoms with E-state index >= 15 is 0 Å². The highest BCUT2D eigenvalue weighted by Gasteiger charge is 2.09. The first-order chi connectivity index (χ1) is 9.02. The first-order valence-electron chi connectivity index (χ1n) is 5.89. The van der Waals surface area contributed by atoms with Gasteiger partial charge >= 0.3 is 0 Å². The van der Waals surface area contributed by atoms with Gasteiger partial charge in [0, 0.05) is 20.7 Å². The molecule has 2 rings (SSSR count). The zero-order chi connectivity index (χ0) is 14.0. The largest absolute Gasteiger partial charge is 0.496 e. The van der Waals surface area contributed by atoms with Gasteiger partial charge < -0.3 is 10.1 Å². The van der Waals surface area contributed by atoms with Gasteiger partial charge in [-0.1, -0.05) is 17.7 Å². The van der Waals surface area contributed by atoms with Crippen molar-refractivity contribution in [2.24, 2.45) is 0 Å². The number of anilines is 2. The van der Waals surface area contributed by atoms with Crippen molar-refractivity contribution in [1.82, 2.24) is 0 Å². The molecule has 100 valence electrons. The lowest BCUT2D eigenvalue weighted by molar-refractivity contribution is 0.412. The molecule has 19 heavy (non-hydrogen) atoms. The number of hydrogen-bond acceptors (Lipinski definition) is 2. The second-order valence-corrected chi connectivity index (χ2v) is 5.62. The molecule has 0 saturated carbocycles. The van der Waals surface area contributed by atoms with Crippen LogP contribution in [0.4, 0.5) is 11.4 Å². The average Bonchev–Trinajstić information content (AvgIpc) is 2.37. The van der Waals surface area contributed by atoms with E-state index in [2.05, 4.69) is 28.2 Å². The van der Waals surface area contributed by atoms with Crippen LogP contribution in [0.3, 0.4) is 0 Å². The van der Waals surface area contributed by atoms with E-state index in [-0.39, 0.29) is 0 Å². The van der Waals surface area contributed by atoms with E-state index < -0.39 is 0 Å². The van der Waals surface area contributed by atoms with Gasteiger partial charge in [0.1, 0.15) is 5.75 Å². The summed E-state index contributed by atoms with van der Waals surface area (Å²) in [6.45, 7) is 4.11. The molecule has 0 heterocycles. The number of benzene rings is 2. The molecule has 0 unspecified atom stereocenters. The Balaban J connectivity index is 2.43. The maximum atomic E-state index is 5.95. The van der Waals surface area contributed by atoms with Gasteiger partial charge in [0.2, 0.25) is 0 Å². The molecule has 0 aliphatic heterocycles. The Labute approximate surface area is 126 Å². The summed E-state index contributed by atoms with van der Waals surface area (Å²) in [4.78, 5) is 0. The van der Waals surface area contributed by atoms with Gasteiger partial charge in [-0.3, -0.25) is 0 Å². The summed E-state index contributed by atoms with van der Waals surface area (Å²) < 4.78 is 6.29. The zero-order valence-corrected chi connectivity index (χ0v) is 13.4. The summed E-state index contributed by atoms with van der Waals surface area (Å²) in [7, 11) is 1.68. The summed E-state index contributed by atoms with van der Waals surface area (Å²) in [6, 6.07) is 9.70. The fourth-order valence-electron chi connectivity index (χ4n) is 1.97. The molecular weight excluding hydrogens is 326 g/mol. The van der Waals surface area contributed by atoms with Gasteiger partial charge in [-0.05, 0) is 59.6 Å². The van der Waals surface area contributed by atoms with E-state index in [9.17, 15) is 0 Å². The molecular formula is C15H15BrClNO. The summed E-state index contributed by atoms with van der Waals surface area (Å²) in [6.07, 6.45) is 0. The molecule has 0 radical (unpaired) electrons. The molecule has 0 saturated heterocycles. The van der Waals surface area contributed by atoms with Crippen LogP contribution in [0.25, 0.3) is 0 Å². The highest BCUT2D eigenvalue weighted by molar-refractivity contribution is 9.10. The number of nitrogens with one attached hydrogen (secondary N) is 1. The molecule has 0 spiro atoms. The summed E-state index contributed by atoms with van der Waals surface area (Å²) in [5.74, 6) is 0.873. The third-order valence-electron chi connectivity index (χ3n) is 3.03. The third-order valence-corrected chi connectivity index (χ3v) is 3.93. The van der Waals surface area contributed by atoms with Crippen molar-refractivity contribution < 1.29 is 4.74 Å². The minimum atomic E-state index is 0.705. The van der Waals surface area contributed by atoms with Gasteiger partial charge in [-0.2, -0.15) is 0 Å². The van der Waals surface area contributed by atoms with Crippen LogP contribution in [0.5, 0.6) is 5.75 Å². The smallest absolute Gasteiger partial charge is 0.123 e. The third kappa shape index (κ3) is 3.04. The first kappa shape index (κ1) is 14.2. The van der Waals surface area contributed by atoms with Gasteiger partial charge in [-0.15, -0.1) is 0 Å². The zero-order valence-electron chi connectivity index (χ0n) is 11.1. The molecule has 0 aromatic heterocycles. The van der Waals surface area contributed by atoms with Crippen LogP contribution >= 0.6 is 27.5 Å². The highest BCUT2D eigenvalue weighted by Crippen LogP contribution is 2.34. The Morgan fingerprint density at radius 3 is 2.53 bits per heavy atom. The quantitative estimate of drug-likeness (QED) is 0.799. The number of ether oxygens (including phenoxy) is 1. The SMILES string of the molecule is COc1ccc(C)c(Nc2ccc(Cl)cc2Br)c1C. The summed E-state index contributed by atoms with van der Waals surface area (Å²) in [5, 5.41) is 4.13. The average molecular weight is 341 g/mol.